The molecule has 2 aromatic carbocycles. The number of ether oxygens (including phenoxy) is 1. The fraction of sp³-hybridized carbons (Fsp3) is 0.261. The van der Waals surface area contributed by atoms with Gasteiger partial charge in [0.05, 0.1) is 11.7 Å². The topological polar surface area (TPSA) is 69.3 Å². The van der Waals surface area contributed by atoms with Crippen LogP contribution >= 0.6 is 12.4 Å². The van der Waals surface area contributed by atoms with Gasteiger partial charge in [-0.1, -0.05) is 35.9 Å². The van der Waals surface area contributed by atoms with Crippen molar-refractivity contribution in [2.24, 2.45) is 5.73 Å². The van der Waals surface area contributed by atoms with Gasteiger partial charge in [0.15, 0.2) is 0 Å². The largest absolute Gasteiger partial charge is 0.573 e. The molecule has 0 aliphatic carbocycles. The van der Waals surface area contributed by atoms with E-state index >= 15 is 0 Å². The van der Waals surface area contributed by atoms with Crippen molar-refractivity contribution in [1.29, 1.82) is 0 Å². The lowest BCUT2D eigenvalue weighted by atomic mass is 9.99. The normalized spacial score (nSPS) is 15.5. The summed E-state index contributed by atoms with van der Waals surface area (Å²) >= 11 is 0. The Bertz CT molecular complexity index is 1130. The Hall–Kier alpha value is -2.97. The van der Waals surface area contributed by atoms with E-state index in [0.29, 0.717) is 36.3 Å². The summed E-state index contributed by atoms with van der Waals surface area (Å²) in [6.07, 6.45) is -4.14. The predicted molar refractivity (Wildman–Crippen MR) is 119 cm³/mol. The maximum absolute atomic E-state index is 12.7. The van der Waals surface area contributed by atoms with Gasteiger partial charge >= 0.3 is 6.36 Å². The van der Waals surface area contributed by atoms with E-state index in [-0.39, 0.29) is 30.1 Å². The number of carbonyl (C=O) groups excluding carboxylic acids is 1. The number of benzene rings is 2. The summed E-state index contributed by atoms with van der Waals surface area (Å²) in [5, 5.41) is 2.88. The molecule has 1 unspecified atom stereocenters. The van der Waals surface area contributed by atoms with Gasteiger partial charge in [-0.3, -0.25) is 4.79 Å². The van der Waals surface area contributed by atoms with Gasteiger partial charge in [0.25, 0.3) is 5.91 Å². The van der Waals surface area contributed by atoms with Crippen LogP contribution in [-0.2, 0) is 0 Å². The van der Waals surface area contributed by atoms with Crippen molar-refractivity contribution in [3.8, 4) is 28.1 Å². The zero-order chi connectivity index (χ0) is 22.2. The number of halogens is 4. The molecule has 0 bridgehead atoms. The minimum absolute atomic E-state index is 0. The third-order valence-electron chi connectivity index (χ3n) is 5.30. The van der Waals surface area contributed by atoms with Gasteiger partial charge in [0.2, 0.25) is 0 Å². The molecule has 4 rings (SSSR count). The molecule has 0 saturated heterocycles. The Labute approximate surface area is 189 Å². The van der Waals surface area contributed by atoms with E-state index in [2.05, 4.69) is 10.1 Å². The minimum atomic E-state index is -4.79. The van der Waals surface area contributed by atoms with Crippen LogP contribution < -0.4 is 15.8 Å². The Morgan fingerprint density at radius 2 is 1.84 bits per heavy atom. The van der Waals surface area contributed by atoms with Gasteiger partial charge in [-0.05, 0) is 55.3 Å². The Balaban J connectivity index is 0.00000289. The van der Waals surface area contributed by atoms with Crippen LogP contribution in [0.15, 0.2) is 54.6 Å². The smallest absolute Gasteiger partial charge is 0.406 e. The monoisotopic (exact) mass is 465 g/mol. The van der Waals surface area contributed by atoms with Crippen LogP contribution in [0.3, 0.4) is 0 Å². The Morgan fingerprint density at radius 1 is 1.12 bits per heavy atom. The molecule has 1 aromatic heterocycles. The number of aromatic nitrogens is 1. The summed E-state index contributed by atoms with van der Waals surface area (Å²) in [7, 11) is 0. The molecule has 2 heterocycles. The van der Waals surface area contributed by atoms with Gasteiger partial charge in [-0.2, -0.15) is 0 Å². The number of rotatable bonds is 5. The second kappa shape index (κ2) is 9.26. The van der Waals surface area contributed by atoms with Gasteiger partial charge in [0, 0.05) is 12.1 Å². The van der Waals surface area contributed by atoms with E-state index in [0.717, 1.165) is 16.8 Å². The summed E-state index contributed by atoms with van der Waals surface area (Å²) in [5.74, 6) is -0.538. The van der Waals surface area contributed by atoms with Crippen LogP contribution in [0.4, 0.5) is 13.2 Å². The minimum Gasteiger partial charge on any atom is -0.406 e. The molecule has 3 aromatic rings. The average Bonchev–Trinajstić information content (AvgIpc) is 3.11. The summed E-state index contributed by atoms with van der Waals surface area (Å²) in [6.45, 7) is 2.84. The van der Waals surface area contributed by atoms with Crippen LogP contribution in [0.25, 0.3) is 22.4 Å². The van der Waals surface area contributed by atoms with Gasteiger partial charge in [-0.15, -0.1) is 25.6 Å². The predicted octanol–water partition coefficient (Wildman–Crippen LogP) is 5.08. The highest BCUT2D eigenvalue weighted by atomic mass is 35.5. The first-order valence-electron chi connectivity index (χ1n) is 9.93. The first kappa shape index (κ1) is 23.7. The molecule has 32 heavy (non-hydrogen) atoms. The lowest BCUT2D eigenvalue weighted by molar-refractivity contribution is -0.274. The zero-order valence-corrected chi connectivity index (χ0v) is 18.1. The first-order valence-corrected chi connectivity index (χ1v) is 9.93. The molecule has 170 valence electrons. The lowest BCUT2D eigenvalue weighted by Gasteiger charge is -2.28. The van der Waals surface area contributed by atoms with Crippen LogP contribution in [0.5, 0.6) is 5.75 Å². The SMILES string of the molecule is Cc1cccc(-c2c(-c3cccc(OC(F)(F)F)c3)cc3n2C(CCN)CNC3=O)c1.Cl. The number of alkyl halides is 3. The number of nitrogens with zero attached hydrogens (tertiary/aromatic N) is 1. The number of aryl methyl sites for hydroxylation is 1. The molecule has 1 aliphatic heterocycles. The highest BCUT2D eigenvalue weighted by Gasteiger charge is 2.32. The number of amides is 1. The summed E-state index contributed by atoms with van der Waals surface area (Å²) in [6, 6.07) is 15.3. The van der Waals surface area contributed by atoms with Crippen LogP contribution in [0, 0.1) is 6.92 Å². The molecular weight excluding hydrogens is 443 g/mol. The van der Waals surface area contributed by atoms with Crippen LogP contribution in [0.1, 0.15) is 28.5 Å². The number of hydrogen-bond donors (Lipinski definition) is 2. The number of nitrogens with two attached hydrogens (primary N) is 1. The molecule has 0 spiro atoms. The fourth-order valence-electron chi connectivity index (χ4n) is 4.06. The summed E-state index contributed by atoms with van der Waals surface area (Å²) in [4.78, 5) is 12.6. The molecule has 1 aliphatic rings. The quantitative estimate of drug-likeness (QED) is 0.552. The molecule has 0 fully saturated rings. The van der Waals surface area contributed by atoms with E-state index in [4.69, 9.17) is 5.73 Å². The van der Waals surface area contributed by atoms with Crippen molar-refractivity contribution < 1.29 is 22.7 Å². The second-order valence-electron chi connectivity index (χ2n) is 7.55. The maximum Gasteiger partial charge on any atom is 0.573 e. The highest BCUT2D eigenvalue weighted by molar-refractivity contribution is 5.98. The first-order chi connectivity index (χ1) is 14.8. The molecule has 0 saturated carbocycles. The molecule has 1 amide bonds. The zero-order valence-electron chi connectivity index (χ0n) is 17.3. The van der Waals surface area contributed by atoms with Crippen molar-refractivity contribution in [3.05, 3.63) is 65.9 Å². The van der Waals surface area contributed by atoms with Crippen molar-refractivity contribution in [2.45, 2.75) is 25.7 Å². The number of carbonyl (C=O) groups is 1. The average molecular weight is 466 g/mol. The number of nitrogens with one attached hydrogen (secondary N) is 1. The summed E-state index contributed by atoms with van der Waals surface area (Å²) in [5.41, 5.74) is 10.1. The van der Waals surface area contributed by atoms with Crippen molar-refractivity contribution >= 4 is 18.3 Å². The van der Waals surface area contributed by atoms with E-state index in [1.54, 1.807) is 12.1 Å². The Kier molecular flexibility index (Phi) is 6.85. The third kappa shape index (κ3) is 4.76. The van der Waals surface area contributed by atoms with E-state index in [9.17, 15) is 18.0 Å². The fourth-order valence-corrected chi connectivity index (χ4v) is 4.06. The van der Waals surface area contributed by atoms with E-state index < -0.39 is 6.36 Å². The molecular formula is C23H23ClF3N3O2. The van der Waals surface area contributed by atoms with E-state index in [1.807, 2.05) is 35.8 Å². The molecule has 9 heteroatoms. The van der Waals surface area contributed by atoms with Crippen molar-refractivity contribution in [2.75, 3.05) is 13.1 Å². The van der Waals surface area contributed by atoms with E-state index in [1.165, 1.54) is 18.2 Å². The van der Waals surface area contributed by atoms with Crippen molar-refractivity contribution in [1.82, 2.24) is 9.88 Å². The Morgan fingerprint density at radius 3 is 2.53 bits per heavy atom. The van der Waals surface area contributed by atoms with Gasteiger partial charge < -0.3 is 20.4 Å². The second-order valence-corrected chi connectivity index (χ2v) is 7.55. The molecule has 1 atom stereocenters. The van der Waals surface area contributed by atoms with Crippen LogP contribution in [-0.4, -0.2) is 29.9 Å². The van der Waals surface area contributed by atoms with Gasteiger partial charge in [0.1, 0.15) is 11.4 Å². The van der Waals surface area contributed by atoms with Crippen LogP contribution in [0.2, 0.25) is 0 Å². The van der Waals surface area contributed by atoms with Gasteiger partial charge in [-0.25, -0.2) is 0 Å². The lowest BCUT2D eigenvalue weighted by Crippen LogP contribution is -2.39. The third-order valence-corrected chi connectivity index (χ3v) is 5.30. The standard InChI is InChI=1S/C23H22F3N3O2.ClH/c1-14-4-2-6-16(10-14)21-19(15-5-3-7-18(11-15)31-23(24,25)26)12-20-22(30)28-13-17(8-9-27)29(20)21;/h2-7,10-12,17H,8-9,13,27H2,1H3,(H,28,30);1H. The summed E-state index contributed by atoms with van der Waals surface area (Å²) < 4.78 is 44.3. The van der Waals surface area contributed by atoms with Crippen molar-refractivity contribution in [3.63, 3.8) is 0 Å². The number of hydrogen-bond acceptors (Lipinski definition) is 3. The molecule has 3 N–H and O–H groups in total. The highest BCUT2D eigenvalue weighted by Crippen LogP contribution is 2.40. The molecule has 0 radical (unpaired) electrons. The number of fused-ring (bicyclic) bond motifs is 1. The molecule has 5 nitrogen and oxygen atoms in total. The maximum atomic E-state index is 12.7.